The minimum Gasteiger partial charge on any atom is -0.396 e. The fourth-order valence-corrected chi connectivity index (χ4v) is 2.54. The summed E-state index contributed by atoms with van der Waals surface area (Å²) in [5.41, 5.74) is 0. The molecule has 2 heterocycles. The van der Waals surface area contributed by atoms with Crippen LogP contribution in [0.4, 0.5) is 5.82 Å². The summed E-state index contributed by atoms with van der Waals surface area (Å²) in [5.74, 6) is 1.65. The molecule has 4 heteroatoms. The van der Waals surface area contributed by atoms with E-state index in [1.165, 1.54) is 12.8 Å². The highest BCUT2D eigenvalue weighted by atomic mass is 16.3. The monoisotopic (exact) mass is 263 g/mol. The van der Waals surface area contributed by atoms with Gasteiger partial charge in [-0.25, -0.2) is 4.98 Å². The smallest absolute Gasteiger partial charge is 0.128 e. The van der Waals surface area contributed by atoms with Gasteiger partial charge < -0.3 is 15.3 Å². The normalized spacial score (nSPS) is 18.5. The quantitative estimate of drug-likeness (QED) is 0.819. The van der Waals surface area contributed by atoms with Gasteiger partial charge in [0.1, 0.15) is 5.82 Å². The molecule has 19 heavy (non-hydrogen) atoms. The fourth-order valence-electron chi connectivity index (χ4n) is 2.54. The standard InChI is InChI=1S/C15H25N3O/c1-13(7-11-19)12-17-14-5-9-18(10-6-14)15-4-2-3-8-16-15/h2-4,8,13-14,17,19H,5-7,9-12H2,1H3. The van der Waals surface area contributed by atoms with Crippen LogP contribution in [0.2, 0.25) is 0 Å². The molecule has 106 valence electrons. The molecule has 1 saturated heterocycles. The number of anilines is 1. The first kappa shape index (κ1) is 14.3. The van der Waals surface area contributed by atoms with Gasteiger partial charge in [0.15, 0.2) is 0 Å². The Balaban J connectivity index is 1.71. The number of rotatable bonds is 6. The zero-order chi connectivity index (χ0) is 13.5. The molecule has 1 fully saturated rings. The van der Waals surface area contributed by atoms with Crippen molar-refractivity contribution in [3.05, 3.63) is 24.4 Å². The Morgan fingerprint density at radius 2 is 2.21 bits per heavy atom. The number of aliphatic hydroxyl groups excluding tert-OH is 1. The predicted octanol–water partition coefficient (Wildman–Crippen LogP) is 1.66. The molecular weight excluding hydrogens is 238 g/mol. The largest absolute Gasteiger partial charge is 0.396 e. The molecule has 1 aromatic heterocycles. The van der Waals surface area contributed by atoms with E-state index in [9.17, 15) is 0 Å². The van der Waals surface area contributed by atoms with Crippen LogP contribution in [-0.4, -0.2) is 42.4 Å². The first-order valence-corrected chi connectivity index (χ1v) is 7.30. The van der Waals surface area contributed by atoms with Gasteiger partial charge in [-0.15, -0.1) is 0 Å². The molecule has 1 aliphatic heterocycles. The molecule has 2 N–H and O–H groups in total. The van der Waals surface area contributed by atoms with Crippen molar-refractivity contribution in [1.29, 1.82) is 0 Å². The number of hydrogen-bond acceptors (Lipinski definition) is 4. The van der Waals surface area contributed by atoms with Crippen LogP contribution in [-0.2, 0) is 0 Å². The molecule has 0 amide bonds. The van der Waals surface area contributed by atoms with Crippen LogP contribution in [0.15, 0.2) is 24.4 Å². The van der Waals surface area contributed by atoms with E-state index in [1.807, 2.05) is 18.3 Å². The van der Waals surface area contributed by atoms with Crippen LogP contribution in [0.3, 0.4) is 0 Å². The lowest BCUT2D eigenvalue weighted by atomic mass is 10.0. The number of aromatic nitrogens is 1. The van der Waals surface area contributed by atoms with E-state index in [0.717, 1.165) is 31.9 Å². The molecule has 0 spiro atoms. The minimum absolute atomic E-state index is 0.293. The molecule has 0 aliphatic carbocycles. The van der Waals surface area contributed by atoms with Crippen LogP contribution in [0.25, 0.3) is 0 Å². The maximum absolute atomic E-state index is 8.89. The number of aliphatic hydroxyl groups is 1. The van der Waals surface area contributed by atoms with E-state index in [1.54, 1.807) is 0 Å². The lowest BCUT2D eigenvalue weighted by molar-refractivity contribution is 0.255. The van der Waals surface area contributed by atoms with Gasteiger partial charge in [-0.2, -0.15) is 0 Å². The molecule has 2 rings (SSSR count). The highest BCUT2D eigenvalue weighted by Gasteiger charge is 2.19. The highest BCUT2D eigenvalue weighted by molar-refractivity contribution is 5.38. The van der Waals surface area contributed by atoms with Crippen LogP contribution >= 0.6 is 0 Å². The van der Waals surface area contributed by atoms with Gasteiger partial charge in [0.25, 0.3) is 0 Å². The van der Waals surface area contributed by atoms with Crippen LogP contribution in [0.1, 0.15) is 26.2 Å². The van der Waals surface area contributed by atoms with E-state index in [2.05, 4.69) is 28.2 Å². The summed E-state index contributed by atoms with van der Waals surface area (Å²) < 4.78 is 0. The van der Waals surface area contributed by atoms with Crippen molar-refractivity contribution in [3.8, 4) is 0 Å². The third kappa shape index (κ3) is 4.48. The van der Waals surface area contributed by atoms with Gasteiger partial charge in [0.05, 0.1) is 0 Å². The van der Waals surface area contributed by atoms with Gasteiger partial charge in [-0.1, -0.05) is 13.0 Å². The summed E-state index contributed by atoms with van der Waals surface area (Å²) in [4.78, 5) is 6.76. The number of piperidine rings is 1. The van der Waals surface area contributed by atoms with E-state index in [4.69, 9.17) is 5.11 Å². The highest BCUT2D eigenvalue weighted by Crippen LogP contribution is 2.17. The molecular formula is C15H25N3O. The minimum atomic E-state index is 0.293. The molecule has 1 unspecified atom stereocenters. The number of hydrogen-bond donors (Lipinski definition) is 2. The van der Waals surface area contributed by atoms with Crippen molar-refractivity contribution in [2.75, 3.05) is 31.1 Å². The maximum Gasteiger partial charge on any atom is 0.128 e. The van der Waals surface area contributed by atoms with E-state index in [0.29, 0.717) is 18.6 Å². The summed E-state index contributed by atoms with van der Waals surface area (Å²) in [6.45, 7) is 5.63. The molecule has 4 nitrogen and oxygen atoms in total. The summed E-state index contributed by atoms with van der Waals surface area (Å²) in [6, 6.07) is 6.70. The summed E-state index contributed by atoms with van der Waals surface area (Å²) in [6.07, 6.45) is 5.08. The van der Waals surface area contributed by atoms with Crippen molar-refractivity contribution in [2.45, 2.75) is 32.2 Å². The topological polar surface area (TPSA) is 48.4 Å². The molecule has 1 aliphatic rings. The fraction of sp³-hybridized carbons (Fsp3) is 0.667. The molecule has 0 saturated carbocycles. The first-order valence-electron chi connectivity index (χ1n) is 7.30. The molecule has 1 aromatic rings. The average Bonchev–Trinajstić information content (AvgIpc) is 2.47. The Hall–Kier alpha value is -1.13. The van der Waals surface area contributed by atoms with Crippen molar-refractivity contribution in [3.63, 3.8) is 0 Å². The SMILES string of the molecule is CC(CCO)CNC1CCN(c2ccccn2)CC1. The lowest BCUT2D eigenvalue weighted by Crippen LogP contribution is -2.44. The Morgan fingerprint density at radius 3 is 2.84 bits per heavy atom. The molecule has 0 radical (unpaired) electrons. The Morgan fingerprint density at radius 1 is 1.42 bits per heavy atom. The van der Waals surface area contributed by atoms with Crippen molar-refractivity contribution >= 4 is 5.82 Å². The number of nitrogens with zero attached hydrogens (tertiary/aromatic N) is 2. The second kappa shape index (κ2) is 7.46. The van der Waals surface area contributed by atoms with Crippen molar-refractivity contribution in [1.82, 2.24) is 10.3 Å². The average molecular weight is 263 g/mol. The number of nitrogens with one attached hydrogen (secondary N) is 1. The third-order valence-electron chi connectivity index (χ3n) is 3.85. The summed E-state index contributed by atoms with van der Waals surface area (Å²) >= 11 is 0. The van der Waals surface area contributed by atoms with E-state index < -0.39 is 0 Å². The van der Waals surface area contributed by atoms with Gasteiger partial charge in [-0.3, -0.25) is 0 Å². The number of pyridine rings is 1. The van der Waals surface area contributed by atoms with Gasteiger partial charge in [-0.05, 0) is 43.9 Å². The summed E-state index contributed by atoms with van der Waals surface area (Å²) in [7, 11) is 0. The molecule has 1 atom stereocenters. The Kier molecular flexibility index (Phi) is 5.61. The lowest BCUT2D eigenvalue weighted by Gasteiger charge is -2.33. The zero-order valence-electron chi connectivity index (χ0n) is 11.8. The van der Waals surface area contributed by atoms with Crippen molar-refractivity contribution < 1.29 is 5.11 Å². The van der Waals surface area contributed by atoms with Crippen LogP contribution in [0.5, 0.6) is 0 Å². The Bertz CT molecular complexity index is 350. The van der Waals surface area contributed by atoms with Gasteiger partial charge in [0, 0.05) is 31.9 Å². The Labute approximate surface area is 115 Å². The second-order valence-electron chi connectivity index (χ2n) is 5.47. The van der Waals surface area contributed by atoms with Crippen molar-refractivity contribution in [2.24, 2.45) is 5.92 Å². The molecule has 0 bridgehead atoms. The predicted molar refractivity (Wildman–Crippen MR) is 78.3 cm³/mol. The third-order valence-corrected chi connectivity index (χ3v) is 3.85. The van der Waals surface area contributed by atoms with E-state index in [-0.39, 0.29) is 0 Å². The second-order valence-corrected chi connectivity index (χ2v) is 5.47. The van der Waals surface area contributed by atoms with Gasteiger partial charge in [0.2, 0.25) is 0 Å². The van der Waals surface area contributed by atoms with E-state index >= 15 is 0 Å². The van der Waals surface area contributed by atoms with Crippen LogP contribution < -0.4 is 10.2 Å². The zero-order valence-corrected chi connectivity index (χ0v) is 11.8. The van der Waals surface area contributed by atoms with Crippen LogP contribution in [0, 0.1) is 5.92 Å². The first-order chi connectivity index (χ1) is 9.29. The maximum atomic E-state index is 8.89. The molecule has 0 aromatic carbocycles. The van der Waals surface area contributed by atoms with Gasteiger partial charge >= 0.3 is 0 Å². The summed E-state index contributed by atoms with van der Waals surface area (Å²) in [5, 5.41) is 12.5.